The van der Waals surface area contributed by atoms with E-state index in [1.54, 1.807) is 18.2 Å². The molecule has 5 rings (SSSR count). The average Bonchev–Trinajstić information content (AvgIpc) is 3.40. The highest BCUT2D eigenvalue weighted by Gasteiger charge is 2.45. The van der Waals surface area contributed by atoms with Crippen LogP contribution in [-0.2, 0) is 24.8 Å². The van der Waals surface area contributed by atoms with Gasteiger partial charge in [-0.2, -0.15) is 9.29 Å². The summed E-state index contributed by atoms with van der Waals surface area (Å²) in [6.07, 6.45) is 0.916. The predicted octanol–water partition coefficient (Wildman–Crippen LogP) is 0.169. The Morgan fingerprint density at radius 2 is 1.95 bits per heavy atom. The molecular weight excluding hydrogens is 602 g/mol. The molecule has 3 aliphatic heterocycles. The van der Waals surface area contributed by atoms with Gasteiger partial charge < -0.3 is 34.3 Å². The molecule has 0 aliphatic carbocycles. The second kappa shape index (κ2) is 12.7. The Balaban J connectivity index is 1.12. The summed E-state index contributed by atoms with van der Waals surface area (Å²) in [4.78, 5) is 6.33. The van der Waals surface area contributed by atoms with E-state index in [1.807, 2.05) is 11.9 Å². The number of rotatable bonds is 11. The van der Waals surface area contributed by atoms with E-state index in [9.17, 15) is 21.9 Å². The van der Waals surface area contributed by atoms with Gasteiger partial charge in [-0.15, -0.1) is 0 Å². The van der Waals surface area contributed by atoms with Crippen LogP contribution in [0.25, 0.3) is 0 Å². The van der Waals surface area contributed by atoms with Crippen molar-refractivity contribution in [3.8, 4) is 17.5 Å². The van der Waals surface area contributed by atoms with Gasteiger partial charge in [0.25, 0.3) is 0 Å². The zero-order valence-corrected chi connectivity index (χ0v) is 26.1. The number of piperidine rings is 1. The van der Waals surface area contributed by atoms with Gasteiger partial charge in [-0.3, -0.25) is 0 Å². The van der Waals surface area contributed by atoms with Crippen molar-refractivity contribution in [3.05, 3.63) is 30.3 Å². The van der Waals surface area contributed by atoms with Gasteiger partial charge >= 0.3 is 0 Å². The van der Waals surface area contributed by atoms with Crippen LogP contribution in [0.5, 0.6) is 17.5 Å². The lowest BCUT2D eigenvalue weighted by Crippen LogP contribution is -2.47. The summed E-state index contributed by atoms with van der Waals surface area (Å²) in [5, 5.41) is 13.8. The van der Waals surface area contributed by atoms with Gasteiger partial charge in [0.2, 0.25) is 31.8 Å². The van der Waals surface area contributed by atoms with Gasteiger partial charge in [0.05, 0.1) is 30.8 Å². The lowest BCUT2D eigenvalue weighted by atomic mass is 9.88. The third kappa shape index (κ3) is 6.84. The van der Waals surface area contributed by atoms with Crippen LogP contribution in [0.3, 0.4) is 0 Å². The number of nitrogens with one attached hydrogen (secondary N) is 2. The van der Waals surface area contributed by atoms with Crippen molar-refractivity contribution in [2.24, 2.45) is 0 Å². The Morgan fingerprint density at radius 3 is 2.67 bits per heavy atom. The number of aliphatic hydroxyl groups excluding tert-OH is 1. The first-order valence-corrected chi connectivity index (χ1v) is 17.0. The number of methoxy groups -OCH3 is 1. The molecule has 2 aromatic rings. The summed E-state index contributed by atoms with van der Waals surface area (Å²) < 4.78 is 77.8. The summed E-state index contributed by atoms with van der Waals surface area (Å²) >= 11 is 0. The molecule has 0 radical (unpaired) electrons. The van der Waals surface area contributed by atoms with Crippen LogP contribution in [0.15, 0.2) is 40.1 Å². The average molecular weight is 642 g/mol. The normalized spacial score (nSPS) is 21.3. The van der Waals surface area contributed by atoms with Crippen LogP contribution in [-0.4, -0.2) is 116 Å². The van der Waals surface area contributed by atoms with Crippen LogP contribution in [0, 0.1) is 0 Å². The van der Waals surface area contributed by atoms with E-state index < -0.39 is 31.8 Å². The molecule has 16 heteroatoms. The Hall–Kier alpha value is -2.73. The molecular formula is C27H39N5O9S2. The van der Waals surface area contributed by atoms with Crippen molar-refractivity contribution in [2.75, 3.05) is 72.1 Å². The number of benzene rings is 1. The lowest BCUT2D eigenvalue weighted by Gasteiger charge is -2.38. The number of hydrogen-bond donors (Lipinski definition) is 3. The fourth-order valence-corrected chi connectivity index (χ4v) is 7.88. The topological polar surface area (TPSA) is 169 Å². The highest BCUT2D eigenvalue weighted by Crippen LogP contribution is 2.40. The number of aliphatic hydroxyl groups is 1. The van der Waals surface area contributed by atoms with Crippen molar-refractivity contribution in [2.45, 2.75) is 46.8 Å². The maximum Gasteiger partial charge on any atom is 0.248 e. The number of ether oxygens (including phenoxy) is 4. The largest absolute Gasteiger partial charge is 0.491 e. The maximum absolute atomic E-state index is 13.7. The molecule has 14 nitrogen and oxygen atoms in total. The standard InChI is InChI=1S/C27H39N5O9S2/c1-28-42(34,35)22-6-4-5-21(13-22)40-18-20(33)16-29-19-15-27(41-17-19)7-9-32(10-8-27)43(36,37)24-14-23-25(30-26(24)38-3)39-12-11-31(23)2/h4-6,13-14,19-20,28-29,33H,7-12,15-18H2,1-3H3/t19?,20-/m0/s1. The fraction of sp³-hybridized carbons (Fsp3) is 0.593. The molecule has 1 spiro atoms. The van der Waals surface area contributed by atoms with E-state index in [0.29, 0.717) is 69.4 Å². The highest BCUT2D eigenvalue weighted by atomic mass is 32.2. The molecule has 0 saturated carbocycles. The van der Waals surface area contributed by atoms with Crippen LogP contribution in [0.2, 0.25) is 0 Å². The van der Waals surface area contributed by atoms with E-state index in [1.165, 1.54) is 30.6 Å². The summed E-state index contributed by atoms with van der Waals surface area (Å²) in [7, 11) is -2.88. The third-order valence-electron chi connectivity index (χ3n) is 8.10. The molecule has 2 saturated heterocycles. The summed E-state index contributed by atoms with van der Waals surface area (Å²) in [6.45, 7) is 2.34. The molecule has 2 fully saturated rings. The molecule has 1 aromatic carbocycles. The number of likely N-dealkylation sites (N-methyl/N-ethyl adjacent to an activating group) is 1. The van der Waals surface area contributed by atoms with E-state index >= 15 is 0 Å². The highest BCUT2D eigenvalue weighted by molar-refractivity contribution is 7.89. The zero-order chi connectivity index (χ0) is 30.8. The van der Waals surface area contributed by atoms with Crippen LogP contribution >= 0.6 is 0 Å². The Morgan fingerprint density at radius 1 is 1.19 bits per heavy atom. The van der Waals surface area contributed by atoms with Gasteiger partial charge in [0, 0.05) is 38.8 Å². The van der Waals surface area contributed by atoms with E-state index in [-0.39, 0.29) is 34.9 Å². The molecule has 4 heterocycles. The summed E-state index contributed by atoms with van der Waals surface area (Å²) in [6, 6.07) is 7.62. The monoisotopic (exact) mass is 641 g/mol. The first kappa shape index (κ1) is 31.7. The van der Waals surface area contributed by atoms with Gasteiger partial charge in [-0.05, 0) is 44.5 Å². The molecule has 2 atom stereocenters. The molecule has 3 aliphatic rings. The van der Waals surface area contributed by atoms with Crippen LogP contribution in [0.1, 0.15) is 19.3 Å². The molecule has 43 heavy (non-hydrogen) atoms. The Kier molecular flexibility index (Phi) is 9.37. The lowest BCUT2D eigenvalue weighted by molar-refractivity contribution is -0.0312. The zero-order valence-electron chi connectivity index (χ0n) is 24.5. The number of pyridine rings is 1. The van der Waals surface area contributed by atoms with E-state index in [2.05, 4.69) is 15.0 Å². The molecule has 0 amide bonds. The summed E-state index contributed by atoms with van der Waals surface area (Å²) in [5.74, 6) is 0.698. The number of anilines is 1. The van der Waals surface area contributed by atoms with Crippen molar-refractivity contribution in [1.82, 2.24) is 19.3 Å². The molecule has 238 valence electrons. The molecule has 3 N–H and O–H groups in total. The minimum atomic E-state index is -3.88. The van der Waals surface area contributed by atoms with Gasteiger partial charge in [-0.1, -0.05) is 6.07 Å². The van der Waals surface area contributed by atoms with Gasteiger partial charge in [0.1, 0.15) is 35.7 Å². The summed E-state index contributed by atoms with van der Waals surface area (Å²) in [5.41, 5.74) is 0.159. The van der Waals surface area contributed by atoms with Crippen molar-refractivity contribution in [3.63, 3.8) is 0 Å². The van der Waals surface area contributed by atoms with Crippen molar-refractivity contribution >= 4 is 25.7 Å². The van der Waals surface area contributed by atoms with Crippen LogP contribution in [0.4, 0.5) is 5.69 Å². The molecule has 1 unspecified atom stereocenters. The number of aromatic nitrogens is 1. The quantitative estimate of drug-likeness (QED) is 0.305. The second-order valence-corrected chi connectivity index (χ2v) is 14.7. The Bertz CT molecular complexity index is 1510. The van der Waals surface area contributed by atoms with Crippen molar-refractivity contribution in [1.29, 1.82) is 0 Å². The first-order chi connectivity index (χ1) is 20.5. The number of hydrogen-bond acceptors (Lipinski definition) is 12. The number of fused-ring (bicyclic) bond motifs is 1. The van der Waals surface area contributed by atoms with Crippen LogP contribution < -0.4 is 29.1 Å². The van der Waals surface area contributed by atoms with Gasteiger partial charge in [-0.25, -0.2) is 21.6 Å². The SMILES string of the molecule is CNS(=O)(=O)c1cccc(OC[C@@H](O)CNC2COC3(CCN(S(=O)(=O)c4cc5c(nc4OC)OCCN5C)CC3)C2)c1. The van der Waals surface area contributed by atoms with E-state index in [4.69, 9.17) is 18.9 Å². The van der Waals surface area contributed by atoms with E-state index in [0.717, 1.165) is 0 Å². The van der Waals surface area contributed by atoms with Crippen molar-refractivity contribution < 1.29 is 40.9 Å². The smallest absolute Gasteiger partial charge is 0.248 e. The third-order valence-corrected chi connectivity index (χ3v) is 11.4. The minimum absolute atomic E-state index is 0.00830. The first-order valence-electron chi connectivity index (χ1n) is 14.1. The maximum atomic E-state index is 13.7. The number of nitrogens with zero attached hydrogens (tertiary/aromatic N) is 3. The number of sulfonamides is 2. The predicted molar refractivity (Wildman–Crippen MR) is 157 cm³/mol. The molecule has 0 bridgehead atoms. The fourth-order valence-electron chi connectivity index (χ4n) is 5.56. The second-order valence-electron chi connectivity index (χ2n) is 10.9. The molecule has 1 aromatic heterocycles. The Labute approximate surface area is 252 Å². The minimum Gasteiger partial charge on any atom is -0.491 e. The van der Waals surface area contributed by atoms with Gasteiger partial charge in [0.15, 0.2) is 0 Å².